The van der Waals surface area contributed by atoms with E-state index in [0.29, 0.717) is 27.8 Å². The molecule has 0 amide bonds. The highest BCUT2D eigenvalue weighted by Gasteiger charge is 2.19. The lowest BCUT2D eigenvalue weighted by Crippen LogP contribution is -1.96. The average molecular weight is 318 g/mol. The highest BCUT2D eigenvalue weighted by atomic mass is 35.5. The predicted molar refractivity (Wildman–Crippen MR) is 82.1 cm³/mol. The molecule has 0 aliphatic carbocycles. The Morgan fingerprint density at radius 2 is 2.00 bits per heavy atom. The summed E-state index contributed by atoms with van der Waals surface area (Å²) in [7, 11) is 0. The summed E-state index contributed by atoms with van der Waals surface area (Å²) in [6.07, 6.45) is 1.24. The van der Waals surface area contributed by atoms with E-state index in [9.17, 15) is 10.1 Å². The van der Waals surface area contributed by atoms with Crippen LogP contribution in [0.2, 0.25) is 5.15 Å². The Labute approximate surface area is 130 Å². The molecule has 3 aromatic rings. The molecule has 3 rings (SSSR count). The molecule has 0 atom stereocenters. The van der Waals surface area contributed by atoms with Crippen LogP contribution in [-0.4, -0.2) is 24.5 Å². The standard InChI is InChI=1S/C14H12ClN5O2/c1-7-4-10(20(21)22)6-16-13(7)12-9(3)18-19-11(15)5-8(2)17-14(12)19/h4-6H,1-3H3. The fraction of sp³-hybridized carbons (Fsp3) is 0.214. The summed E-state index contributed by atoms with van der Waals surface area (Å²) in [5.74, 6) is 0. The molecule has 0 aromatic carbocycles. The lowest BCUT2D eigenvalue weighted by atomic mass is 10.1. The van der Waals surface area contributed by atoms with Crippen molar-refractivity contribution in [3.05, 3.63) is 50.5 Å². The Morgan fingerprint density at radius 1 is 1.27 bits per heavy atom. The second-order valence-electron chi connectivity index (χ2n) is 5.03. The molecule has 0 aliphatic heterocycles. The number of aryl methyl sites for hydroxylation is 3. The van der Waals surface area contributed by atoms with E-state index in [-0.39, 0.29) is 5.69 Å². The third-order valence-corrected chi connectivity index (χ3v) is 3.63. The zero-order valence-corrected chi connectivity index (χ0v) is 12.9. The Balaban J connectivity index is 2.31. The molecule has 0 N–H and O–H groups in total. The van der Waals surface area contributed by atoms with E-state index in [1.54, 1.807) is 17.5 Å². The summed E-state index contributed by atoms with van der Waals surface area (Å²) in [5.41, 5.74) is 4.06. The van der Waals surface area contributed by atoms with Gasteiger partial charge < -0.3 is 0 Å². The Kier molecular flexibility index (Phi) is 3.29. The molecule has 0 fully saturated rings. The summed E-state index contributed by atoms with van der Waals surface area (Å²) in [6.45, 7) is 5.45. The smallest absolute Gasteiger partial charge is 0.258 e. The average Bonchev–Trinajstić information content (AvgIpc) is 2.75. The third-order valence-electron chi connectivity index (χ3n) is 3.36. The maximum atomic E-state index is 10.8. The van der Waals surface area contributed by atoms with Crippen LogP contribution in [0.3, 0.4) is 0 Å². The van der Waals surface area contributed by atoms with Gasteiger partial charge in [-0.15, -0.1) is 0 Å². The number of halogens is 1. The van der Waals surface area contributed by atoms with Gasteiger partial charge in [-0.3, -0.25) is 10.1 Å². The molecule has 0 unspecified atom stereocenters. The first-order chi connectivity index (χ1) is 10.4. The Morgan fingerprint density at radius 3 is 2.64 bits per heavy atom. The molecule has 0 aliphatic rings. The van der Waals surface area contributed by atoms with E-state index < -0.39 is 4.92 Å². The quantitative estimate of drug-likeness (QED) is 0.411. The van der Waals surface area contributed by atoms with E-state index in [4.69, 9.17) is 11.6 Å². The lowest BCUT2D eigenvalue weighted by Gasteiger charge is -2.05. The normalized spacial score (nSPS) is 11.1. The minimum atomic E-state index is -0.466. The van der Waals surface area contributed by atoms with Crippen LogP contribution < -0.4 is 0 Å². The fourth-order valence-corrected chi connectivity index (χ4v) is 2.67. The zero-order chi connectivity index (χ0) is 16.0. The number of hydrogen-bond acceptors (Lipinski definition) is 5. The first-order valence-corrected chi connectivity index (χ1v) is 6.90. The van der Waals surface area contributed by atoms with E-state index in [1.165, 1.54) is 12.3 Å². The van der Waals surface area contributed by atoms with Crippen molar-refractivity contribution in [2.75, 3.05) is 0 Å². The molecule has 7 nitrogen and oxygen atoms in total. The van der Waals surface area contributed by atoms with Gasteiger partial charge in [0.15, 0.2) is 5.65 Å². The van der Waals surface area contributed by atoms with Crippen molar-refractivity contribution in [1.29, 1.82) is 0 Å². The van der Waals surface area contributed by atoms with Crippen molar-refractivity contribution in [2.45, 2.75) is 20.8 Å². The van der Waals surface area contributed by atoms with Gasteiger partial charge in [-0.05, 0) is 32.4 Å². The summed E-state index contributed by atoms with van der Waals surface area (Å²) in [6, 6.07) is 3.21. The molecule has 0 saturated carbocycles. The Bertz CT molecular complexity index is 919. The molecule has 3 aromatic heterocycles. The Hall–Kier alpha value is -2.54. The van der Waals surface area contributed by atoms with Crippen LogP contribution in [0.15, 0.2) is 18.3 Å². The lowest BCUT2D eigenvalue weighted by molar-refractivity contribution is -0.385. The van der Waals surface area contributed by atoms with Crippen molar-refractivity contribution < 1.29 is 4.92 Å². The second-order valence-corrected chi connectivity index (χ2v) is 5.42. The van der Waals surface area contributed by atoms with Gasteiger partial charge in [0.2, 0.25) is 0 Å². The monoisotopic (exact) mass is 317 g/mol. The molecule has 22 heavy (non-hydrogen) atoms. The van der Waals surface area contributed by atoms with Gasteiger partial charge in [-0.25, -0.2) is 14.5 Å². The van der Waals surface area contributed by atoms with Gasteiger partial charge in [0, 0.05) is 11.8 Å². The van der Waals surface area contributed by atoms with Gasteiger partial charge in [-0.1, -0.05) is 11.6 Å². The van der Waals surface area contributed by atoms with E-state index in [1.807, 2.05) is 13.8 Å². The number of rotatable bonds is 2. The summed E-state index contributed by atoms with van der Waals surface area (Å²) in [5, 5.41) is 15.7. The minimum Gasteiger partial charge on any atom is -0.258 e. The van der Waals surface area contributed by atoms with Crippen molar-refractivity contribution in [3.63, 3.8) is 0 Å². The topological polar surface area (TPSA) is 86.2 Å². The van der Waals surface area contributed by atoms with E-state index in [0.717, 1.165) is 11.3 Å². The van der Waals surface area contributed by atoms with Crippen molar-refractivity contribution >= 4 is 22.9 Å². The molecule has 0 spiro atoms. The molecule has 0 saturated heterocycles. The number of nitrogens with zero attached hydrogens (tertiary/aromatic N) is 5. The maximum absolute atomic E-state index is 10.8. The number of nitro groups is 1. The molecule has 8 heteroatoms. The third kappa shape index (κ3) is 2.19. The molecule has 0 bridgehead atoms. The predicted octanol–water partition coefficient (Wildman–Crippen LogP) is 3.28. The molecular weight excluding hydrogens is 306 g/mol. The van der Waals surface area contributed by atoms with Gasteiger partial charge >= 0.3 is 0 Å². The largest absolute Gasteiger partial charge is 0.287 e. The number of aromatic nitrogens is 4. The number of fused-ring (bicyclic) bond motifs is 1. The first kappa shape index (κ1) is 14.4. The van der Waals surface area contributed by atoms with Crippen molar-refractivity contribution in [2.24, 2.45) is 0 Å². The van der Waals surface area contributed by atoms with Crippen LogP contribution in [0, 0.1) is 30.9 Å². The maximum Gasteiger partial charge on any atom is 0.287 e. The number of hydrogen-bond donors (Lipinski definition) is 0. The number of pyridine rings is 1. The van der Waals surface area contributed by atoms with Crippen LogP contribution in [0.25, 0.3) is 16.9 Å². The highest BCUT2D eigenvalue weighted by Crippen LogP contribution is 2.31. The van der Waals surface area contributed by atoms with E-state index >= 15 is 0 Å². The first-order valence-electron chi connectivity index (χ1n) is 6.52. The van der Waals surface area contributed by atoms with Crippen LogP contribution >= 0.6 is 11.6 Å². The second kappa shape index (κ2) is 5.03. The molecular formula is C14H12ClN5O2. The summed E-state index contributed by atoms with van der Waals surface area (Å²) < 4.78 is 1.54. The van der Waals surface area contributed by atoms with Crippen LogP contribution in [0.5, 0.6) is 0 Å². The molecule has 3 heterocycles. The van der Waals surface area contributed by atoms with E-state index in [2.05, 4.69) is 15.1 Å². The van der Waals surface area contributed by atoms with Crippen molar-refractivity contribution in [3.8, 4) is 11.3 Å². The van der Waals surface area contributed by atoms with Crippen LogP contribution in [0.4, 0.5) is 5.69 Å². The zero-order valence-electron chi connectivity index (χ0n) is 12.2. The van der Waals surface area contributed by atoms with Crippen molar-refractivity contribution in [1.82, 2.24) is 19.6 Å². The van der Waals surface area contributed by atoms with Gasteiger partial charge in [0.1, 0.15) is 11.3 Å². The summed E-state index contributed by atoms with van der Waals surface area (Å²) in [4.78, 5) is 19.1. The SMILES string of the molecule is Cc1cc(Cl)n2nc(C)c(-c3ncc([N+](=O)[O-])cc3C)c2n1. The van der Waals surface area contributed by atoms with Gasteiger partial charge in [-0.2, -0.15) is 5.10 Å². The summed E-state index contributed by atoms with van der Waals surface area (Å²) >= 11 is 6.19. The fourth-order valence-electron chi connectivity index (χ4n) is 2.40. The van der Waals surface area contributed by atoms with Gasteiger partial charge in [0.05, 0.1) is 21.9 Å². The highest BCUT2D eigenvalue weighted by molar-refractivity contribution is 6.29. The van der Waals surface area contributed by atoms with Crippen LogP contribution in [0.1, 0.15) is 17.0 Å². The van der Waals surface area contributed by atoms with Crippen LogP contribution in [-0.2, 0) is 0 Å². The minimum absolute atomic E-state index is 0.0439. The molecule has 0 radical (unpaired) electrons. The molecule has 112 valence electrons. The van der Waals surface area contributed by atoms with Gasteiger partial charge in [0.25, 0.3) is 5.69 Å².